The second-order valence-electron chi connectivity index (χ2n) is 9.05. The number of fused-ring (bicyclic) bond motifs is 1. The molecule has 4 N–H and O–H groups in total. The van der Waals surface area contributed by atoms with Crippen LogP contribution in [0.5, 0.6) is 0 Å². The maximum Gasteiger partial charge on any atom is 0.247 e. The van der Waals surface area contributed by atoms with Crippen molar-refractivity contribution < 1.29 is 9.90 Å². The smallest absolute Gasteiger partial charge is 0.247 e. The van der Waals surface area contributed by atoms with Gasteiger partial charge in [-0.15, -0.1) is 0 Å². The molecule has 3 aromatic heterocycles. The van der Waals surface area contributed by atoms with Gasteiger partial charge in [0.1, 0.15) is 11.9 Å². The lowest BCUT2D eigenvalue weighted by atomic mass is 10.2. The number of carbonyl (C=O) groups excluding carboxylic acids is 1. The molecule has 0 unspecified atom stereocenters. The molecule has 2 atom stereocenters. The predicted molar refractivity (Wildman–Crippen MR) is 123 cm³/mol. The molecule has 2 fully saturated rings. The topological polar surface area (TPSA) is 132 Å². The van der Waals surface area contributed by atoms with Crippen LogP contribution in [0.1, 0.15) is 48.6 Å². The highest BCUT2D eigenvalue weighted by Gasteiger charge is 2.38. The average molecular weight is 447 g/mol. The summed E-state index contributed by atoms with van der Waals surface area (Å²) in [5.41, 5.74) is 3.86. The maximum absolute atomic E-state index is 13.0. The van der Waals surface area contributed by atoms with Crippen LogP contribution in [0.25, 0.3) is 0 Å². The Morgan fingerprint density at radius 1 is 1.24 bits per heavy atom. The van der Waals surface area contributed by atoms with Gasteiger partial charge in [-0.3, -0.25) is 14.9 Å². The third-order valence-electron chi connectivity index (χ3n) is 6.55. The van der Waals surface area contributed by atoms with Crippen molar-refractivity contribution >= 4 is 29.2 Å². The van der Waals surface area contributed by atoms with Crippen molar-refractivity contribution in [2.45, 2.75) is 56.6 Å². The number of pyridine rings is 1. The molecule has 1 aliphatic heterocycles. The summed E-state index contributed by atoms with van der Waals surface area (Å²) in [5.74, 6) is 2.31. The Kier molecular flexibility index (Phi) is 4.94. The van der Waals surface area contributed by atoms with Gasteiger partial charge in [-0.2, -0.15) is 10.1 Å². The number of hydrogen-bond acceptors (Lipinski definition) is 8. The molecule has 2 aliphatic carbocycles. The molecule has 0 bridgehead atoms. The highest BCUT2D eigenvalue weighted by molar-refractivity contribution is 5.97. The van der Waals surface area contributed by atoms with E-state index in [-0.39, 0.29) is 5.91 Å². The minimum atomic E-state index is -0.629. The molecular weight excluding hydrogens is 420 g/mol. The third-order valence-corrected chi connectivity index (χ3v) is 6.55. The fourth-order valence-electron chi connectivity index (χ4n) is 4.72. The maximum atomic E-state index is 13.0. The summed E-state index contributed by atoms with van der Waals surface area (Å²) in [6, 6.07) is 5.03. The number of aromatic nitrogens is 5. The van der Waals surface area contributed by atoms with Crippen molar-refractivity contribution in [3.8, 4) is 0 Å². The van der Waals surface area contributed by atoms with Crippen molar-refractivity contribution in [3.05, 3.63) is 47.5 Å². The lowest BCUT2D eigenvalue weighted by Crippen LogP contribution is -2.40. The molecule has 0 spiro atoms. The van der Waals surface area contributed by atoms with Gasteiger partial charge in [0.15, 0.2) is 5.82 Å². The molecule has 1 saturated carbocycles. The molecule has 0 aromatic carbocycles. The van der Waals surface area contributed by atoms with Gasteiger partial charge in [0.05, 0.1) is 23.7 Å². The van der Waals surface area contributed by atoms with E-state index in [4.69, 9.17) is 9.97 Å². The Labute approximate surface area is 190 Å². The van der Waals surface area contributed by atoms with Crippen LogP contribution in [0.15, 0.2) is 30.6 Å². The average Bonchev–Trinajstić information content (AvgIpc) is 3.20. The van der Waals surface area contributed by atoms with E-state index in [1.807, 2.05) is 6.07 Å². The quantitative estimate of drug-likeness (QED) is 0.453. The zero-order chi connectivity index (χ0) is 22.4. The number of anilines is 4. The number of hydrogen-bond donors (Lipinski definition) is 4. The highest BCUT2D eigenvalue weighted by Crippen LogP contribution is 2.40. The lowest BCUT2D eigenvalue weighted by molar-refractivity contribution is -0.117. The van der Waals surface area contributed by atoms with Gasteiger partial charge < -0.3 is 20.6 Å². The first-order valence-corrected chi connectivity index (χ1v) is 11.5. The van der Waals surface area contributed by atoms with Crippen LogP contribution in [0, 0.1) is 0 Å². The summed E-state index contributed by atoms with van der Waals surface area (Å²) < 4.78 is 0. The minimum absolute atomic E-state index is 0.209. The van der Waals surface area contributed by atoms with Crippen molar-refractivity contribution in [1.29, 1.82) is 0 Å². The van der Waals surface area contributed by atoms with Gasteiger partial charge >= 0.3 is 0 Å². The van der Waals surface area contributed by atoms with Gasteiger partial charge in [0, 0.05) is 42.4 Å². The van der Waals surface area contributed by atoms with Crippen LogP contribution in [0.4, 0.5) is 23.3 Å². The van der Waals surface area contributed by atoms with E-state index in [2.05, 4.69) is 25.8 Å². The first-order valence-electron chi connectivity index (χ1n) is 11.5. The highest BCUT2D eigenvalue weighted by atomic mass is 16.3. The molecule has 3 aliphatic rings. The second kappa shape index (κ2) is 8.11. The summed E-state index contributed by atoms with van der Waals surface area (Å²) in [6.45, 7) is 0.303. The molecule has 6 rings (SSSR count). The Hall–Kier alpha value is -3.53. The summed E-state index contributed by atoms with van der Waals surface area (Å²) >= 11 is 0. The Balaban J connectivity index is 1.28. The summed E-state index contributed by atoms with van der Waals surface area (Å²) in [5, 5.41) is 24.2. The molecule has 33 heavy (non-hydrogen) atoms. The molecule has 10 heteroatoms. The SMILES string of the molecule is O=C(Nc1cccnc1)[C@@H]1C[C@@H](O)CN1c1nc2c(c(Nc3cc(C4CC4)[nH]n3)n1)CCC2. The fraction of sp³-hybridized carbons (Fsp3) is 0.435. The van der Waals surface area contributed by atoms with Crippen LogP contribution in [0.2, 0.25) is 0 Å². The van der Waals surface area contributed by atoms with E-state index in [1.54, 1.807) is 29.4 Å². The van der Waals surface area contributed by atoms with E-state index >= 15 is 0 Å². The number of aliphatic hydroxyl groups excluding tert-OH is 1. The number of β-amino-alcohol motifs (C(OH)–C–C–N with tert-alkyl or cyclic N) is 1. The number of aliphatic hydroxyl groups is 1. The number of aromatic amines is 1. The zero-order valence-electron chi connectivity index (χ0n) is 18.2. The standard InChI is InChI=1S/C23H26N8O2/c32-15-9-19(22(33)25-14-3-2-8-24-11-14)31(12-15)23-26-17-5-1-4-16(17)21(28-23)27-20-10-18(29-30-20)13-6-7-13/h2-3,8,10-11,13,15,19,32H,1,4-7,9,12H2,(H,25,33)(H2,26,27,28,29,30)/t15-,19+/m1/s1. The van der Waals surface area contributed by atoms with Crippen molar-refractivity contribution in [3.63, 3.8) is 0 Å². The molecule has 3 aromatic rings. The van der Waals surface area contributed by atoms with Gasteiger partial charge in [-0.25, -0.2) is 4.98 Å². The largest absolute Gasteiger partial charge is 0.391 e. The van der Waals surface area contributed by atoms with E-state index in [9.17, 15) is 9.90 Å². The molecule has 0 radical (unpaired) electrons. The number of H-pyrrole nitrogens is 1. The predicted octanol–water partition coefficient (Wildman–Crippen LogP) is 2.28. The van der Waals surface area contributed by atoms with E-state index in [1.165, 1.54) is 12.8 Å². The first-order chi connectivity index (χ1) is 16.1. The number of amides is 1. The zero-order valence-corrected chi connectivity index (χ0v) is 18.2. The van der Waals surface area contributed by atoms with Crippen LogP contribution in [-0.4, -0.2) is 54.9 Å². The summed E-state index contributed by atoms with van der Waals surface area (Å²) in [4.78, 5) is 28.5. The molecule has 1 amide bonds. The number of nitrogens with zero attached hydrogens (tertiary/aromatic N) is 5. The minimum Gasteiger partial charge on any atom is -0.391 e. The monoisotopic (exact) mass is 446 g/mol. The molecule has 10 nitrogen and oxygen atoms in total. The second-order valence-corrected chi connectivity index (χ2v) is 9.05. The van der Waals surface area contributed by atoms with Crippen LogP contribution < -0.4 is 15.5 Å². The molecule has 4 heterocycles. The van der Waals surface area contributed by atoms with E-state index in [0.29, 0.717) is 30.5 Å². The molecule has 1 saturated heterocycles. The van der Waals surface area contributed by atoms with E-state index < -0.39 is 12.1 Å². The Morgan fingerprint density at radius 2 is 2.15 bits per heavy atom. The number of rotatable bonds is 6. The molecule has 170 valence electrons. The number of nitrogens with one attached hydrogen (secondary N) is 3. The van der Waals surface area contributed by atoms with Crippen molar-refractivity contribution in [2.24, 2.45) is 0 Å². The van der Waals surface area contributed by atoms with Gasteiger partial charge in [0.2, 0.25) is 11.9 Å². The number of aryl methyl sites for hydroxylation is 1. The Morgan fingerprint density at radius 3 is 2.97 bits per heavy atom. The van der Waals surface area contributed by atoms with Gasteiger partial charge in [-0.05, 0) is 44.2 Å². The molecular formula is C23H26N8O2. The van der Waals surface area contributed by atoms with Crippen molar-refractivity contribution in [1.82, 2.24) is 25.1 Å². The van der Waals surface area contributed by atoms with Crippen molar-refractivity contribution in [2.75, 3.05) is 22.1 Å². The van der Waals surface area contributed by atoms with Crippen LogP contribution in [0.3, 0.4) is 0 Å². The van der Waals surface area contributed by atoms with Gasteiger partial charge in [-0.1, -0.05) is 0 Å². The lowest BCUT2D eigenvalue weighted by Gasteiger charge is -2.24. The summed E-state index contributed by atoms with van der Waals surface area (Å²) in [7, 11) is 0. The summed E-state index contributed by atoms with van der Waals surface area (Å²) in [6.07, 6.45) is 8.14. The normalized spacial score (nSPS) is 21.8. The fourth-order valence-corrected chi connectivity index (χ4v) is 4.72. The first kappa shape index (κ1) is 20.1. The Bertz CT molecular complexity index is 1180. The van der Waals surface area contributed by atoms with Crippen LogP contribution >= 0.6 is 0 Å². The van der Waals surface area contributed by atoms with Gasteiger partial charge in [0.25, 0.3) is 0 Å². The van der Waals surface area contributed by atoms with E-state index in [0.717, 1.165) is 47.8 Å². The van der Waals surface area contributed by atoms with Crippen LogP contribution in [-0.2, 0) is 17.6 Å². The third kappa shape index (κ3) is 4.02. The number of carbonyl (C=O) groups is 1.